The Morgan fingerprint density at radius 1 is 0.789 bits per heavy atom. The number of oxime groups is 1. The number of hydrogen-bond acceptors (Lipinski definition) is 6. The van der Waals surface area contributed by atoms with Crippen LogP contribution in [0.4, 0.5) is 24.5 Å². The predicted octanol–water partition coefficient (Wildman–Crippen LogP) is 6.61. The van der Waals surface area contributed by atoms with Crippen LogP contribution in [0, 0.1) is 0 Å². The summed E-state index contributed by atoms with van der Waals surface area (Å²) >= 11 is 0. The number of hydrogen-bond donors (Lipinski definition) is 2. The molecule has 0 heterocycles. The van der Waals surface area contributed by atoms with Gasteiger partial charge in [-0.15, -0.1) is 13.2 Å². The largest absolute Gasteiger partial charge is 0.573 e. The fourth-order valence-electron chi connectivity index (χ4n) is 4.29. The molecule has 1 unspecified atom stereocenters. The van der Waals surface area contributed by atoms with E-state index < -0.39 is 12.5 Å². The van der Waals surface area contributed by atoms with E-state index in [0.717, 1.165) is 56.0 Å². The Morgan fingerprint density at radius 2 is 1.24 bits per heavy atom. The van der Waals surface area contributed by atoms with Crippen molar-refractivity contribution < 1.29 is 28.2 Å². The number of rotatable bonds is 13. The molecule has 38 heavy (non-hydrogen) atoms. The first kappa shape index (κ1) is 28.8. The minimum atomic E-state index is -4.75. The van der Waals surface area contributed by atoms with Gasteiger partial charge in [0.2, 0.25) is 0 Å². The van der Waals surface area contributed by atoms with Crippen molar-refractivity contribution in [2.45, 2.75) is 39.2 Å². The van der Waals surface area contributed by atoms with Gasteiger partial charge in [0.25, 0.3) is 0 Å². The molecular formula is C29H34F3N3O3. The van der Waals surface area contributed by atoms with Gasteiger partial charge >= 0.3 is 6.36 Å². The van der Waals surface area contributed by atoms with Crippen molar-refractivity contribution >= 4 is 17.6 Å². The number of halogens is 3. The zero-order valence-corrected chi connectivity index (χ0v) is 21.6. The third kappa shape index (κ3) is 8.41. The lowest BCUT2D eigenvalue weighted by Crippen LogP contribution is -2.27. The maximum atomic E-state index is 12.4. The van der Waals surface area contributed by atoms with E-state index in [0.29, 0.717) is 11.1 Å². The van der Waals surface area contributed by atoms with Gasteiger partial charge in [-0.1, -0.05) is 41.6 Å². The zero-order valence-electron chi connectivity index (χ0n) is 21.6. The predicted molar refractivity (Wildman–Crippen MR) is 144 cm³/mol. The van der Waals surface area contributed by atoms with Gasteiger partial charge in [0.05, 0.1) is 6.21 Å². The van der Waals surface area contributed by atoms with Crippen LogP contribution in [-0.4, -0.2) is 49.1 Å². The van der Waals surface area contributed by atoms with Crippen LogP contribution in [0.15, 0.2) is 78.0 Å². The van der Waals surface area contributed by atoms with Gasteiger partial charge in [0.1, 0.15) is 11.9 Å². The Hall–Kier alpha value is -3.72. The van der Waals surface area contributed by atoms with E-state index in [9.17, 15) is 18.3 Å². The summed E-state index contributed by atoms with van der Waals surface area (Å²) in [4.78, 5) is 4.59. The summed E-state index contributed by atoms with van der Waals surface area (Å²) in [6.45, 7) is 7.79. The second-order valence-corrected chi connectivity index (χ2v) is 8.81. The quantitative estimate of drug-likeness (QED) is 0.113. The molecule has 2 N–H and O–H groups in total. The van der Waals surface area contributed by atoms with E-state index in [-0.39, 0.29) is 5.75 Å². The van der Waals surface area contributed by atoms with Gasteiger partial charge in [0.15, 0.2) is 0 Å². The lowest BCUT2D eigenvalue weighted by atomic mass is 10.0. The molecule has 0 aliphatic heterocycles. The number of ether oxygens (including phenoxy) is 1. The lowest BCUT2D eigenvalue weighted by molar-refractivity contribution is -0.274. The van der Waals surface area contributed by atoms with Crippen molar-refractivity contribution in [3.63, 3.8) is 0 Å². The summed E-state index contributed by atoms with van der Waals surface area (Å²) in [5.74, 6) is -0.324. The van der Waals surface area contributed by atoms with Crippen molar-refractivity contribution in [1.82, 2.24) is 0 Å². The van der Waals surface area contributed by atoms with Crippen molar-refractivity contribution in [3.05, 3.63) is 89.5 Å². The highest BCUT2D eigenvalue weighted by molar-refractivity contribution is 5.79. The third-order valence-corrected chi connectivity index (χ3v) is 6.34. The maximum absolute atomic E-state index is 12.4. The van der Waals surface area contributed by atoms with Gasteiger partial charge in [-0.2, -0.15) is 0 Å². The van der Waals surface area contributed by atoms with Gasteiger partial charge in [-0.05, 0) is 79.8 Å². The third-order valence-electron chi connectivity index (χ3n) is 6.34. The Bertz CT molecular complexity index is 1130. The van der Waals surface area contributed by atoms with Crippen LogP contribution in [-0.2, 0) is 0 Å². The molecule has 0 saturated heterocycles. The molecule has 6 nitrogen and oxygen atoms in total. The number of aliphatic hydroxyl groups excluding tert-OH is 1. The molecule has 3 aromatic carbocycles. The SMILES string of the molecule is CCN(CCCCN(CC)c1ccc(C(O)c2ccc(OC(F)(F)F)cc2)cc1)c1ccc(/C=N/O)cc1. The summed E-state index contributed by atoms with van der Waals surface area (Å²) < 4.78 is 41.0. The zero-order chi connectivity index (χ0) is 27.5. The van der Waals surface area contributed by atoms with Crippen LogP contribution < -0.4 is 14.5 Å². The normalized spacial score (nSPS) is 12.5. The van der Waals surface area contributed by atoms with Crippen LogP contribution in [0.25, 0.3) is 0 Å². The molecule has 204 valence electrons. The fraction of sp³-hybridized carbons (Fsp3) is 0.345. The number of alkyl halides is 3. The lowest BCUT2D eigenvalue weighted by Gasteiger charge is -2.26. The Kier molecular flexibility index (Phi) is 10.4. The molecule has 0 spiro atoms. The van der Waals surface area contributed by atoms with E-state index >= 15 is 0 Å². The highest BCUT2D eigenvalue weighted by atomic mass is 19.4. The molecule has 0 fully saturated rings. The second kappa shape index (κ2) is 13.7. The Balaban J connectivity index is 1.52. The first-order chi connectivity index (χ1) is 18.2. The highest BCUT2D eigenvalue weighted by Gasteiger charge is 2.31. The van der Waals surface area contributed by atoms with E-state index in [2.05, 4.69) is 33.5 Å². The molecule has 0 aliphatic rings. The van der Waals surface area contributed by atoms with Gasteiger partial charge < -0.3 is 24.9 Å². The van der Waals surface area contributed by atoms with Crippen molar-refractivity contribution in [2.75, 3.05) is 36.0 Å². The van der Waals surface area contributed by atoms with E-state index in [1.165, 1.54) is 30.5 Å². The summed E-state index contributed by atoms with van der Waals surface area (Å²) in [6.07, 6.45) is -2.27. The number of aliphatic hydroxyl groups is 1. The smallest absolute Gasteiger partial charge is 0.411 e. The molecule has 0 aromatic heterocycles. The molecule has 1 atom stereocenters. The second-order valence-electron chi connectivity index (χ2n) is 8.81. The molecule has 3 aromatic rings. The topological polar surface area (TPSA) is 68.5 Å². The van der Waals surface area contributed by atoms with Crippen LogP contribution in [0.5, 0.6) is 5.75 Å². The van der Waals surface area contributed by atoms with E-state index in [1.54, 1.807) is 0 Å². The summed E-state index contributed by atoms with van der Waals surface area (Å²) in [6, 6.07) is 20.7. The summed E-state index contributed by atoms with van der Waals surface area (Å²) in [5, 5.41) is 22.4. The molecular weight excluding hydrogens is 495 g/mol. The minimum absolute atomic E-state index is 0.324. The Labute approximate surface area is 221 Å². The monoisotopic (exact) mass is 529 g/mol. The molecule has 3 rings (SSSR count). The first-order valence-corrected chi connectivity index (χ1v) is 12.6. The van der Waals surface area contributed by atoms with Crippen LogP contribution in [0.1, 0.15) is 49.5 Å². The van der Waals surface area contributed by atoms with Crippen molar-refractivity contribution in [2.24, 2.45) is 5.16 Å². The van der Waals surface area contributed by atoms with E-state index in [4.69, 9.17) is 5.21 Å². The molecule has 0 radical (unpaired) electrons. The number of unbranched alkanes of at least 4 members (excludes halogenated alkanes) is 1. The van der Waals surface area contributed by atoms with Gasteiger partial charge in [0, 0.05) is 37.6 Å². The number of anilines is 2. The van der Waals surface area contributed by atoms with Gasteiger partial charge in [-0.3, -0.25) is 0 Å². The van der Waals surface area contributed by atoms with Crippen molar-refractivity contribution in [3.8, 4) is 5.75 Å². The number of benzene rings is 3. The van der Waals surface area contributed by atoms with Crippen molar-refractivity contribution in [1.29, 1.82) is 0 Å². The molecule has 0 aliphatic carbocycles. The van der Waals surface area contributed by atoms with E-state index in [1.807, 2.05) is 48.5 Å². The van der Waals surface area contributed by atoms with Crippen LogP contribution >= 0.6 is 0 Å². The minimum Gasteiger partial charge on any atom is -0.411 e. The Morgan fingerprint density at radius 3 is 1.66 bits per heavy atom. The average Bonchev–Trinajstić information content (AvgIpc) is 2.91. The maximum Gasteiger partial charge on any atom is 0.573 e. The molecule has 0 saturated carbocycles. The summed E-state index contributed by atoms with van der Waals surface area (Å²) in [5.41, 5.74) is 4.16. The number of nitrogens with zero attached hydrogens (tertiary/aromatic N) is 3. The fourth-order valence-corrected chi connectivity index (χ4v) is 4.29. The molecule has 0 bridgehead atoms. The first-order valence-electron chi connectivity index (χ1n) is 12.6. The average molecular weight is 530 g/mol. The highest BCUT2D eigenvalue weighted by Crippen LogP contribution is 2.28. The van der Waals surface area contributed by atoms with Crippen LogP contribution in [0.2, 0.25) is 0 Å². The van der Waals surface area contributed by atoms with Gasteiger partial charge in [-0.25, -0.2) is 0 Å². The molecule has 9 heteroatoms. The standard InChI is InChI=1S/C29H34F3N3O3/c1-3-34(25-13-7-22(8-14-25)21-33-37)19-5-6-20-35(4-2)26-15-9-23(10-16-26)28(36)24-11-17-27(18-12-24)38-29(30,31)32/h7-18,21,28,36-37H,3-6,19-20H2,1-2H3/b33-21+. The van der Waals surface area contributed by atoms with Crippen LogP contribution in [0.3, 0.4) is 0 Å². The molecule has 0 amide bonds. The summed E-state index contributed by atoms with van der Waals surface area (Å²) in [7, 11) is 0.